The molecule has 0 saturated heterocycles. The van der Waals surface area contributed by atoms with E-state index in [9.17, 15) is 0 Å². The minimum Gasteiger partial charge on any atom is -0.335 e. The minimum absolute atomic E-state index is 0. The Morgan fingerprint density at radius 3 is 0.870 bits per heavy atom. The van der Waals surface area contributed by atoms with E-state index in [0.717, 1.165) is 17.9 Å². The zero-order chi connectivity index (χ0) is 37.0. The van der Waals surface area contributed by atoms with Crippen LogP contribution in [0.4, 0.5) is 0 Å². The third-order valence-electron chi connectivity index (χ3n) is 3.37. The summed E-state index contributed by atoms with van der Waals surface area (Å²) in [5.41, 5.74) is 0. The Hall–Kier alpha value is 2.67. The molecule has 0 saturated carbocycles. The molecule has 0 atom stereocenters. The summed E-state index contributed by atoms with van der Waals surface area (Å²) in [5, 5.41) is 0. The molecule has 0 aliphatic carbocycles. The van der Waals surface area contributed by atoms with Gasteiger partial charge in [0.25, 0.3) is 0 Å². The Morgan fingerprint density at radius 2 is 0.870 bits per heavy atom. The summed E-state index contributed by atoms with van der Waals surface area (Å²) in [4.78, 5) is 0. The van der Waals surface area contributed by atoms with E-state index in [1.807, 2.05) is 60.8 Å². The molecule has 0 bridgehead atoms. The average molecular weight is 1230 g/mol. The molecule has 287 valence electrons. The topological polar surface area (TPSA) is 9.23 Å². The first-order chi connectivity index (χ1) is 19.5. The van der Waals surface area contributed by atoms with Gasteiger partial charge in [0.2, 0.25) is 0 Å². The Labute approximate surface area is 349 Å². The van der Waals surface area contributed by atoms with Crippen molar-refractivity contribution < 1.29 is 67.7 Å². The summed E-state index contributed by atoms with van der Waals surface area (Å²) < 4.78 is 5.55. The van der Waals surface area contributed by atoms with Crippen LogP contribution in [0.1, 0.15) is 123 Å². The molecule has 0 aliphatic heterocycles. The van der Waals surface area contributed by atoms with Gasteiger partial charge in [-0.05, 0) is 25.7 Å². The average Bonchev–Trinajstić information content (AvgIpc) is 2.80. The fraction of sp³-hybridized carbons (Fsp3) is 0.868. The monoisotopic (exact) mass is 1230 g/mol. The molecule has 8 heteroatoms. The van der Waals surface area contributed by atoms with E-state index in [2.05, 4.69) is 134 Å². The summed E-state index contributed by atoms with van der Waals surface area (Å²) in [5.74, 6) is 4.39. The standard InChI is InChI=1S/C6H16OP.C6H14.C5H9Si.C5H12.C4H11Si.C3H9Si.3C3H7.3W/c1-6(2)7-8(3,4)5;2*1-4-5-6(2)3;2*1-4-5(2)3;1-4(2)3;3*1-3-2;;;/h6H,1-5H3;6H,4-5H2,1-3H3;1H,5H2,2-3H3;5H,4H2,1-3H3;4H2,1-3H3;1-3H3;3*3H,1-2H3;;;/q+1;;;;;;3*-1;;;. The first-order valence-electron chi connectivity index (χ1n) is 17.0. The normalized spacial score (nSPS) is 8.65. The van der Waals surface area contributed by atoms with Gasteiger partial charge in [-0.15, -0.1) is 12.3 Å². The second-order valence-corrected chi connectivity index (χ2v) is 26.3. The Bertz CT molecular complexity index is 411. The van der Waals surface area contributed by atoms with Crippen molar-refractivity contribution >= 4 is 33.9 Å². The maximum atomic E-state index is 5.55. The van der Waals surface area contributed by atoms with E-state index in [-0.39, 0.29) is 89.6 Å². The quantitative estimate of drug-likeness (QED) is 0.107. The molecular weight excluding hydrogens is 1140 g/mol. The summed E-state index contributed by atoms with van der Waals surface area (Å²) in [6.07, 6.45) is 15.4. The Kier molecular flexibility index (Phi) is 138. The van der Waals surface area contributed by atoms with Gasteiger partial charge in [0.1, 0.15) is 7.49 Å². The molecule has 46 heavy (non-hydrogen) atoms. The van der Waals surface area contributed by atoms with Gasteiger partial charge >= 0.3 is 0 Å². The second kappa shape index (κ2) is 77.2. The molecule has 3 radical (unpaired) electrons. The maximum Gasteiger partial charge on any atom is 0.137 e. The van der Waals surface area contributed by atoms with E-state index in [4.69, 9.17) is 10.9 Å². The molecule has 0 N–H and O–H groups in total. The van der Waals surface area contributed by atoms with Gasteiger partial charge in [0, 0.05) is 86.8 Å². The molecule has 0 aromatic carbocycles. The predicted octanol–water partition coefficient (Wildman–Crippen LogP) is 14.9. The van der Waals surface area contributed by atoms with Gasteiger partial charge in [-0.25, -0.2) is 4.52 Å². The van der Waals surface area contributed by atoms with Gasteiger partial charge in [-0.2, -0.15) is 41.5 Å². The van der Waals surface area contributed by atoms with Gasteiger partial charge in [-0.1, -0.05) is 120 Å². The van der Waals surface area contributed by atoms with Crippen LogP contribution < -0.4 is 0 Å². The smallest absolute Gasteiger partial charge is 0.137 e. The van der Waals surface area contributed by atoms with Crippen molar-refractivity contribution in [2.24, 2.45) is 11.8 Å². The van der Waals surface area contributed by atoms with E-state index >= 15 is 0 Å². The van der Waals surface area contributed by atoms with Crippen LogP contribution in [0.25, 0.3) is 0 Å². The van der Waals surface area contributed by atoms with Gasteiger partial charge < -0.3 is 19.3 Å². The van der Waals surface area contributed by atoms with E-state index < -0.39 is 7.49 Å². The Balaban J connectivity index is -0.0000000286. The summed E-state index contributed by atoms with van der Waals surface area (Å²) >= 11 is 0. The van der Waals surface area contributed by atoms with Crippen molar-refractivity contribution in [3.63, 3.8) is 0 Å². The first-order valence-corrected chi connectivity index (χ1v) is 28.4. The van der Waals surface area contributed by atoms with Gasteiger partial charge in [0.05, 0.1) is 34.9 Å². The number of rotatable bonds is 7. The summed E-state index contributed by atoms with van der Waals surface area (Å²) in [6.45, 7) is 54.2. The third kappa shape index (κ3) is 312. The molecule has 0 aliphatic rings. The van der Waals surface area contributed by atoms with Gasteiger partial charge in [0.15, 0.2) is 0 Å². The predicted molar refractivity (Wildman–Crippen MR) is 225 cm³/mol. The molecule has 0 fully saturated rings. The fourth-order valence-electron chi connectivity index (χ4n) is 1.41. The van der Waals surface area contributed by atoms with E-state index in [1.165, 1.54) is 25.3 Å². The van der Waals surface area contributed by atoms with Crippen LogP contribution in [0.15, 0.2) is 0 Å². The molecule has 0 unspecified atom stereocenters. The first kappa shape index (κ1) is 82.2. The zero-order valence-corrected chi connectivity index (χ0v) is 49.4. The number of hydrogen-bond acceptors (Lipinski definition) is 1. The van der Waals surface area contributed by atoms with Crippen LogP contribution in [0, 0.1) is 43.4 Å². The molecule has 0 aromatic heterocycles. The van der Waals surface area contributed by atoms with Crippen molar-refractivity contribution in [3.8, 4) is 12.3 Å². The zero-order valence-electron chi connectivity index (χ0n) is 36.7. The van der Waals surface area contributed by atoms with E-state index in [1.54, 1.807) is 0 Å². The number of terminal acetylenes is 1. The van der Waals surface area contributed by atoms with Crippen molar-refractivity contribution in [2.45, 2.75) is 187 Å². The van der Waals surface area contributed by atoms with Crippen molar-refractivity contribution in [3.05, 3.63) is 19.3 Å². The maximum absolute atomic E-state index is 5.55. The molecule has 0 heterocycles. The molecule has 1 nitrogen and oxygen atoms in total. The fourth-order valence-corrected chi connectivity index (χ4v) is 3.09. The SMILES string of the molecule is C#CC[Si](C)C.CC(C)O[P+](C)(C)C.CCC(C)C.CCCC(C)C.CC[Si](C)C.C[CH-]C.C[CH-]C.C[CH-]C.C[Si](C)C.[W].[W].[W]. The number of hydrogen-bond donors (Lipinski definition) is 0. The summed E-state index contributed by atoms with van der Waals surface area (Å²) in [6, 6.07) is 2.41. The van der Waals surface area contributed by atoms with Crippen LogP contribution in [0.2, 0.25) is 57.9 Å². The van der Waals surface area contributed by atoms with Crippen molar-refractivity contribution in [1.82, 2.24) is 0 Å². The van der Waals surface area contributed by atoms with Crippen LogP contribution in [0.3, 0.4) is 0 Å². The van der Waals surface area contributed by atoms with Crippen LogP contribution >= 0.6 is 7.49 Å². The second-order valence-electron chi connectivity index (χ2n) is 13.4. The molecule has 0 rings (SSSR count). The third-order valence-corrected chi connectivity index (χ3v) is 6.75. The van der Waals surface area contributed by atoms with Crippen molar-refractivity contribution in [2.75, 3.05) is 20.0 Å². The van der Waals surface area contributed by atoms with Crippen LogP contribution in [0.5, 0.6) is 0 Å². The molecule has 0 spiro atoms. The Morgan fingerprint density at radius 1 is 0.630 bits per heavy atom. The largest absolute Gasteiger partial charge is 0.335 e. The summed E-state index contributed by atoms with van der Waals surface area (Å²) in [7, 11) is -0.847. The van der Waals surface area contributed by atoms with Crippen LogP contribution in [-0.2, 0) is 67.7 Å². The van der Waals surface area contributed by atoms with Crippen LogP contribution in [-0.4, -0.2) is 52.5 Å². The molecule has 0 amide bonds. The van der Waals surface area contributed by atoms with Crippen molar-refractivity contribution in [1.29, 1.82) is 0 Å². The van der Waals surface area contributed by atoms with E-state index in [0.29, 0.717) is 6.10 Å². The molecule has 0 aromatic rings. The minimum atomic E-state index is -0.972. The molecular formula is C38H92OPSi3W3-2. The van der Waals surface area contributed by atoms with Gasteiger partial charge in [-0.3, -0.25) is 0 Å².